The number of halogens is 1. The molecule has 0 saturated carbocycles. The molecule has 1 heterocycles. The number of nitrogens with one attached hydrogen (secondary N) is 1. The number of nitrogens with zero attached hydrogens (tertiary/aromatic N) is 1. The maximum absolute atomic E-state index is 13.1. The fourth-order valence-corrected chi connectivity index (χ4v) is 3.25. The molecule has 1 fully saturated rings. The molecule has 0 aliphatic carbocycles. The molecule has 1 aromatic carbocycles. The SMILES string of the molecule is CCC(NC1CCN(CC(O)COC)CC1)c1ccc(F)cc1. The molecule has 1 aliphatic heterocycles. The number of aliphatic hydroxyl groups excluding tert-OH is 1. The number of hydrogen-bond acceptors (Lipinski definition) is 4. The average molecular weight is 324 g/mol. The van der Waals surface area contributed by atoms with Gasteiger partial charge in [0.2, 0.25) is 0 Å². The normalized spacial score (nSPS) is 19.7. The Bertz CT molecular complexity index is 447. The zero-order chi connectivity index (χ0) is 16.7. The number of piperidine rings is 1. The summed E-state index contributed by atoms with van der Waals surface area (Å²) < 4.78 is 18.0. The van der Waals surface area contributed by atoms with Crippen molar-refractivity contribution in [2.75, 3.05) is 33.4 Å². The van der Waals surface area contributed by atoms with Crippen LogP contribution in [0.25, 0.3) is 0 Å². The molecular formula is C18H29FN2O2. The minimum absolute atomic E-state index is 0.188. The van der Waals surface area contributed by atoms with Gasteiger partial charge in [0.1, 0.15) is 5.82 Å². The van der Waals surface area contributed by atoms with Gasteiger partial charge in [-0.3, -0.25) is 0 Å². The number of aliphatic hydroxyl groups is 1. The molecule has 5 heteroatoms. The molecule has 130 valence electrons. The van der Waals surface area contributed by atoms with Gasteiger partial charge in [-0.2, -0.15) is 0 Å². The highest BCUT2D eigenvalue weighted by Crippen LogP contribution is 2.21. The smallest absolute Gasteiger partial charge is 0.123 e. The Hall–Kier alpha value is -1.01. The standard InChI is InChI=1S/C18H29FN2O2/c1-3-18(14-4-6-15(19)7-5-14)20-16-8-10-21(11-9-16)12-17(22)13-23-2/h4-7,16-18,20,22H,3,8-13H2,1-2H3. The highest BCUT2D eigenvalue weighted by atomic mass is 19.1. The number of rotatable bonds is 8. The molecule has 2 rings (SSSR count). The molecule has 1 aromatic rings. The van der Waals surface area contributed by atoms with Crippen molar-refractivity contribution in [2.45, 2.75) is 44.4 Å². The third-order valence-corrected chi connectivity index (χ3v) is 4.53. The molecule has 2 atom stereocenters. The van der Waals surface area contributed by atoms with Crippen molar-refractivity contribution in [3.8, 4) is 0 Å². The zero-order valence-corrected chi connectivity index (χ0v) is 14.2. The van der Waals surface area contributed by atoms with E-state index in [1.807, 2.05) is 12.1 Å². The van der Waals surface area contributed by atoms with Gasteiger partial charge >= 0.3 is 0 Å². The van der Waals surface area contributed by atoms with E-state index in [9.17, 15) is 9.50 Å². The van der Waals surface area contributed by atoms with Crippen molar-refractivity contribution in [2.24, 2.45) is 0 Å². The van der Waals surface area contributed by atoms with Gasteiger partial charge in [0.25, 0.3) is 0 Å². The van der Waals surface area contributed by atoms with Gasteiger partial charge in [-0.15, -0.1) is 0 Å². The molecule has 1 saturated heterocycles. The van der Waals surface area contributed by atoms with Crippen LogP contribution < -0.4 is 5.32 Å². The van der Waals surface area contributed by atoms with Crippen LogP contribution in [-0.2, 0) is 4.74 Å². The summed E-state index contributed by atoms with van der Waals surface area (Å²) in [5, 5.41) is 13.5. The first-order chi connectivity index (χ1) is 11.1. The van der Waals surface area contributed by atoms with Gasteiger partial charge in [-0.05, 0) is 50.0 Å². The van der Waals surface area contributed by atoms with Crippen molar-refractivity contribution >= 4 is 0 Å². The lowest BCUT2D eigenvalue weighted by atomic mass is 9.99. The third-order valence-electron chi connectivity index (χ3n) is 4.53. The van der Waals surface area contributed by atoms with E-state index in [0.29, 0.717) is 19.2 Å². The Balaban J connectivity index is 1.79. The second-order valence-electron chi connectivity index (χ2n) is 6.36. The van der Waals surface area contributed by atoms with Gasteiger partial charge < -0.3 is 20.1 Å². The molecule has 0 radical (unpaired) electrons. The molecule has 0 spiro atoms. The second-order valence-corrected chi connectivity index (χ2v) is 6.36. The monoisotopic (exact) mass is 324 g/mol. The van der Waals surface area contributed by atoms with E-state index < -0.39 is 6.10 Å². The van der Waals surface area contributed by atoms with Crippen molar-refractivity contribution in [3.05, 3.63) is 35.6 Å². The van der Waals surface area contributed by atoms with Crippen LogP contribution >= 0.6 is 0 Å². The Morgan fingerprint density at radius 2 is 1.96 bits per heavy atom. The summed E-state index contributed by atoms with van der Waals surface area (Å²) in [7, 11) is 1.61. The van der Waals surface area contributed by atoms with Crippen LogP contribution in [0.1, 0.15) is 37.8 Å². The van der Waals surface area contributed by atoms with Gasteiger partial charge in [0.15, 0.2) is 0 Å². The lowest BCUT2D eigenvalue weighted by Gasteiger charge is -2.35. The van der Waals surface area contributed by atoms with Crippen molar-refractivity contribution in [3.63, 3.8) is 0 Å². The number of ether oxygens (including phenoxy) is 1. The maximum Gasteiger partial charge on any atom is 0.123 e. The van der Waals surface area contributed by atoms with Gasteiger partial charge in [-0.1, -0.05) is 19.1 Å². The first kappa shape index (κ1) is 18.3. The maximum atomic E-state index is 13.1. The summed E-state index contributed by atoms with van der Waals surface area (Å²) in [5.74, 6) is -0.188. The number of benzene rings is 1. The predicted molar refractivity (Wildman–Crippen MR) is 89.9 cm³/mol. The van der Waals surface area contributed by atoms with Crippen molar-refractivity contribution in [1.82, 2.24) is 10.2 Å². The fourth-order valence-electron chi connectivity index (χ4n) is 3.25. The first-order valence-electron chi connectivity index (χ1n) is 8.53. The quantitative estimate of drug-likeness (QED) is 0.770. The Labute approximate surface area is 138 Å². The first-order valence-corrected chi connectivity index (χ1v) is 8.53. The number of β-amino-alcohol motifs (C(OH)–C–C–N with tert-alkyl or cyclic N) is 1. The largest absolute Gasteiger partial charge is 0.389 e. The number of methoxy groups -OCH3 is 1. The Morgan fingerprint density at radius 3 is 2.52 bits per heavy atom. The van der Waals surface area contributed by atoms with Crippen LogP contribution in [0.4, 0.5) is 4.39 Å². The van der Waals surface area contributed by atoms with Crippen LogP contribution in [0.2, 0.25) is 0 Å². The topological polar surface area (TPSA) is 44.7 Å². The van der Waals surface area contributed by atoms with Gasteiger partial charge in [-0.25, -0.2) is 4.39 Å². The van der Waals surface area contributed by atoms with E-state index >= 15 is 0 Å². The average Bonchev–Trinajstić information content (AvgIpc) is 2.55. The molecule has 0 bridgehead atoms. The summed E-state index contributed by atoms with van der Waals surface area (Å²) in [6, 6.07) is 7.53. The van der Waals surface area contributed by atoms with Gasteiger partial charge in [0.05, 0.1) is 12.7 Å². The van der Waals surface area contributed by atoms with Crippen LogP contribution in [0.3, 0.4) is 0 Å². The van der Waals surface area contributed by atoms with E-state index in [2.05, 4.69) is 17.1 Å². The summed E-state index contributed by atoms with van der Waals surface area (Å²) in [6.07, 6.45) is 2.71. The summed E-state index contributed by atoms with van der Waals surface area (Å²) in [5.41, 5.74) is 1.15. The minimum Gasteiger partial charge on any atom is -0.389 e. The Kier molecular flexibility index (Phi) is 7.43. The predicted octanol–water partition coefficient (Wildman–Crippen LogP) is 2.34. The molecule has 1 aliphatic rings. The third kappa shape index (κ3) is 5.84. The zero-order valence-electron chi connectivity index (χ0n) is 14.2. The van der Waals surface area contributed by atoms with Crippen LogP contribution in [0, 0.1) is 5.82 Å². The summed E-state index contributed by atoms with van der Waals surface area (Å²) in [6.45, 7) is 5.18. The van der Waals surface area contributed by atoms with Crippen molar-refractivity contribution in [1.29, 1.82) is 0 Å². The lowest BCUT2D eigenvalue weighted by Crippen LogP contribution is -2.46. The van der Waals surface area contributed by atoms with Crippen LogP contribution in [-0.4, -0.2) is 55.5 Å². The van der Waals surface area contributed by atoms with Gasteiger partial charge in [0, 0.05) is 25.7 Å². The van der Waals surface area contributed by atoms with E-state index in [1.54, 1.807) is 7.11 Å². The van der Waals surface area contributed by atoms with Crippen LogP contribution in [0.5, 0.6) is 0 Å². The fraction of sp³-hybridized carbons (Fsp3) is 0.667. The van der Waals surface area contributed by atoms with E-state index in [-0.39, 0.29) is 11.9 Å². The number of hydrogen-bond donors (Lipinski definition) is 2. The Morgan fingerprint density at radius 1 is 1.30 bits per heavy atom. The minimum atomic E-state index is -0.410. The van der Waals surface area contributed by atoms with Crippen molar-refractivity contribution < 1.29 is 14.2 Å². The lowest BCUT2D eigenvalue weighted by molar-refractivity contribution is 0.0307. The molecule has 2 unspecified atom stereocenters. The molecule has 2 N–H and O–H groups in total. The highest BCUT2D eigenvalue weighted by molar-refractivity contribution is 5.20. The molecule has 0 amide bonds. The van der Waals surface area contributed by atoms with E-state index in [1.165, 1.54) is 12.1 Å². The van der Waals surface area contributed by atoms with E-state index in [4.69, 9.17) is 4.74 Å². The molecular weight excluding hydrogens is 295 g/mol. The summed E-state index contributed by atoms with van der Waals surface area (Å²) >= 11 is 0. The molecule has 0 aromatic heterocycles. The second kappa shape index (κ2) is 9.33. The van der Waals surface area contributed by atoms with Crippen LogP contribution in [0.15, 0.2) is 24.3 Å². The highest BCUT2D eigenvalue weighted by Gasteiger charge is 2.23. The summed E-state index contributed by atoms with van der Waals surface area (Å²) in [4.78, 5) is 2.29. The molecule has 4 nitrogen and oxygen atoms in total. The molecule has 23 heavy (non-hydrogen) atoms. The number of likely N-dealkylation sites (tertiary alicyclic amines) is 1. The van der Waals surface area contributed by atoms with E-state index in [0.717, 1.165) is 37.9 Å².